The number of methoxy groups -OCH3 is 2. The molecule has 0 unspecified atom stereocenters. The van der Waals surface area contributed by atoms with Crippen molar-refractivity contribution in [2.75, 3.05) is 14.2 Å². The summed E-state index contributed by atoms with van der Waals surface area (Å²) >= 11 is 0. The molecule has 0 saturated carbocycles. The van der Waals surface area contributed by atoms with Gasteiger partial charge in [-0.1, -0.05) is 6.07 Å². The van der Waals surface area contributed by atoms with Gasteiger partial charge in [0.25, 0.3) is 5.91 Å². The number of hydrogen-bond donors (Lipinski definition) is 1. The van der Waals surface area contributed by atoms with Crippen molar-refractivity contribution in [3.8, 4) is 11.5 Å². The van der Waals surface area contributed by atoms with E-state index in [1.807, 2.05) is 6.07 Å². The van der Waals surface area contributed by atoms with Gasteiger partial charge < -0.3 is 19.4 Å². The average Bonchev–Trinajstić information content (AvgIpc) is 3.21. The molecular formula is C24H21F2N3O3. The van der Waals surface area contributed by atoms with Crippen LogP contribution in [-0.2, 0) is 13.1 Å². The number of aromatic nitrogens is 2. The van der Waals surface area contributed by atoms with Crippen LogP contribution in [0.2, 0.25) is 0 Å². The van der Waals surface area contributed by atoms with Crippen molar-refractivity contribution in [3.63, 3.8) is 0 Å². The van der Waals surface area contributed by atoms with Gasteiger partial charge in [0.1, 0.15) is 23.1 Å². The maximum Gasteiger partial charge on any atom is 0.251 e. The summed E-state index contributed by atoms with van der Waals surface area (Å²) in [5, 5.41) is 2.87. The number of carbonyl (C=O) groups is 1. The first kappa shape index (κ1) is 21.3. The van der Waals surface area contributed by atoms with Crippen molar-refractivity contribution in [2.45, 2.75) is 13.1 Å². The van der Waals surface area contributed by atoms with Crippen molar-refractivity contribution in [2.24, 2.45) is 0 Å². The highest BCUT2D eigenvalue weighted by molar-refractivity contribution is 5.97. The number of halogens is 2. The summed E-state index contributed by atoms with van der Waals surface area (Å²) in [6, 6.07) is 14.0. The number of benzene rings is 3. The fourth-order valence-corrected chi connectivity index (χ4v) is 3.44. The molecule has 1 N–H and O–H groups in total. The lowest BCUT2D eigenvalue weighted by molar-refractivity contribution is 0.0951. The molecule has 0 bridgehead atoms. The average molecular weight is 437 g/mol. The third kappa shape index (κ3) is 4.39. The zero-order chi connectivity index (χ0) is 22.7. The molecule has 3 aromatic carbocycles. The molecule has 0 radical (unpaired) electrons. The van der Waals surface area contributed by atoms with E-state index >= 15 is 0 Å². The Morgan fingerprint density at radius 3 is 2.56 bits per heavy atom. The Morgan fingerprint density at radius 1 is 1.00 bits per heavy atom. The van der Waals surface area contributed by atoms with Crippen molar-refractivity contribution >= 4 is 16.9 Å². The molecule has 4 aromatic rings. The van der Waals surface area contributed by atoms with Crippen LogP contribution in [-0.4, -0.2) is 29.7 Å². The molecule has 164 valence electrons. The first-order valence-electron chi connectivity index (χ1n) is 9.86. The number of ether oxygens (including phenoxy) is 2. The molecule has 0 fully saturated rings. The molecule has 1 heterocycles. The molecule has 32 heavy (non-hydrogen) atoms. The van der Waals surface area contributed by atoms with Gasteiger partial charge in [0.15, 0.2) is 0 Å². The fraction of sp³-hybridized carbons (Fsp3) is 0.167. The van der Waals surface area contributed by atoms with Crippen molar-refractivity contribution in [3.05, 3.63) is 89.2 Å². The van der Waals surface area contributed by atoms with E-state index in [0.29, 0.717) is 28.1 Å². The van der Waals surface area contributed by atoms with E-state index in [9.17, 15) is 13.6 Å². The van der Waals surface area contributed by atoms with Gasteiger partial charge in [-0.05, 0) is 36.4 Å². The lowest BCUT2D eigenvalue weighted by Gasteiger charge is -2.11. The molecule has 4 rings (SSSR count). The van der Waals surface area contributed by atoms with Crippen LogP contribution in [0, 0.1) is 11.6 Å². The number of amides is 1. The summed E-state index contributed by atoms with van der Waals surface area (Å²) in [4.78, 5) is 17.0. The Morgan fingerprint density at radius 2 is 1.81 bits per heavy atom. The summed E-state index contributed by atoms with van der Waals surface area (Å²) < 4.78 is 39.4. The van der Waals surface area contributed by atoms with Crippen LogP contribution in [0.15, 0.2) is 60.9 Å². The molecule has 0 spiro atoms. The second-order valence-electron chi connectivity index (χ2n) is 7.17. The molecule has 0 atom stereocenters. The largest absolute Gasteiger partial charge is 0.497 e. The number of nitrogens with one attached hydrogen (secondary N) is 1. The molecule has 0 saturated heterocycles. The van der Waals surface area contributed by atoms with Crippen LogP contribution in [0.4, 0.5) is 8.78 Å². The predicted molar refractivity (Wildman–Crippen MR) is 116 cm³/mol. The van der Waals surface area contributed by atoms with Crippen molar-refractivity contribution in [1.29, 1.82) is 0 Å². The summed E-state index contributed by atoms with van der Waals surface area (Å²) in [5.74, 6) is -0.212. The SMILES string of the molecule is COc1ccc(CNC(=O)c2ccc3c(c2)ncn3Cc2ccc(F)cc2F)c(OC)c1. The maximum absolute atomic E-state index is 14.0. The molecule has 6 nitrogen and oxygen atoms in total. The van der Waals surface area contributed by atoms with Gasteiger partial charge in [-0.25, -0.2) is 13.8 Å². The summed E-state index contributed by atoms with van der Waals surface area (Å²) in [5.41, 5.74) is 2.95. The molecule has 1 aromatic heterocycles. The van der Waals surface area contributed by atoms with Crippen molar-refractivity contribution < 1.29 is 23.0 Å². The molecule has 0 aliphatic rings. The minimum absolute atomic E-state index is 0.200. The van der Waals surface area contributed by atoms with E-state index in [1.54, 1.807) is 55.4 Å². The van der Waals surface area contributed by atoms with Crippen LogP contribution in [0.25, 0.3) is 11.0 Å². The van der Waals surface area contributed by atoms with Gasteiger partial charge >= 0.3 is 0 Å². The number of hydrogen-bond acceptors (Lipinski definition) is 4. The van der Waals surface area contributed by atoms with E-state index in [4.69, 9.17) is 9.47 Å². The topological polar surface area (TPSA) is 65.4 Å². The van der Waals surface area contributed by atoms with E-state index in [2.05, 4.69) is 10.3 Å². The highest BCUT2D eigenvalue weighted by Gasteiger charge is 2.12. The first-order valence-corrected chi connectivity index (χ1v) is 9.86. The molecule has 8 heteroatoms. The normalized spacial score (nSPS) is 10.9. The van der Waals surface area contributed by atoms with Crippen LogP contribution < -0.4 is 14.8 Å². The molecular weight excluding hydrogens is 416 g/mol. The minimum atomic E-state index is -0.621. The van der Waals surface area contributed by atoms with Crippen LogP contribution in [0.1, 0.15) is 21.5 Å². The number of carbonyl (C=O) groups excluding carboxylic acids is 1. The summed E-state index contributed by atoms with van der Waals surface area (Å²) in [6.07, 6.45) is 1.57. The van der Waals surface area contributed by atoms with Gasteiger partial charge in [0.2, 0.25) is 0 Å². The predicted octanol–water partition coefficient (Wildman–Crippen LogP) is 4.31. The molecule has 1 amide bonds. The Labute approximate surface area is 183 Å². The van der Waals surface area contributed by atoms with Crippen LogP contribution in [0.3, 0.4) is 0 Å². The van der Waals surface area contributed by atoms with Crippen molar-refractivity contribution in [1.82, 2.24) is 14.9 Å². The second-order valence-corrected chi connectivity index (χ2v) is 7.17. The summed E-state index contributed by atoms with van der Waals surface area (Å²) in [6.45, 7) is 0.480. The standard InChI is InChI=1S/C24H21F2N3O3/c1-31-19-7-4-16(23(11-19)32-2)12-27-24(30)15-5-8-22-21(9-15)28-14-29(22)13-17-3-6-18(25)10-20(17)26/h3-11,14H,12-13H2,1-2H3,(H,27,30). The number of fused-ring (bicyclic) bond motifs is 1. The van der Waals surface area contributed by atoms with Crippen LogP contribution in [0.5, 0.6) is 11.5 Å². The van der Waals surface area contributed by atoms with Gasteiger partial charge in [0.05, 0.1) is 38.1 Å². The summed E-state index contributed by atoms with van der Waals surface area (Å²) in [7, 11) is 3.13. The number of rotatable bonds is 7. The van der Waals surface area contributed by atoms with Gasteiger partial charge in [-0.15, -0.1) is 0 Å². The zero-order valence-corrected chi connectivity index (χ0v) is 17.6. The minimum Gasteiger partial charge on any atom is -0.497 e. The maximum atomic E-state index is 14.0. The fourth-order valence-electron chi connectivity index (χ4n) is 3.44. The highest BCUT2D eigenvalue weighted by atomic mass is 19.1. The number of nitrogens with zero attached hydrogens (tertiary/aromatic N) is 2. The van der Waals surface area contributed by atoms with Gasteiger partial charge in [-0.3, -0.25) is 4.79 Å². The van der Waals surface area contributed by atoms with E-state index in [0.717, 1.165) is 17.1 Å². The Hall–Kier alpha value is -3.94. The quantitative estimate of drug-likeness (QED) is 0.468. The Balaban J connectivity index is 1.49. The third-order valence-electron chi connectivity index (χ3n) is 5.17. The first-order chi connectivity index (χ1) is 15.5. The van der Waals surface area contributed by atoms with Crippen LogP contribution >= 0.6 is 0 Å². The molecule has 0 aliphatic heterocycles. The lowest BCUT2D eigenvalue weighted by Crippen LogP contribution is -2.23. The monoisotopic (exact) mass is 437 g/mol. The third-order valence-corrected chi connectivity index (χ3v) is 5.17. The Bertz CT molecular complexity index is 1290. The number of imidazole rings is 1. The second kappa shape index (κ2) is 9.05. The van der Waals surface area contributed by atoms with Gasteiger partial charge in [0, 0.05) is 35.4 Å². The van der Waals surface area contributed by atoms with Gasteiger partial charge in [-0.2, -0.15) is 0 Å². The van der Waals surface area contributed by atoms with E-state index in [-0.39, 0.29) is 19.0 Å². The zero-order valence-electron chi connectivity index (χ0n) is 17.6. The van der Waals surface area contributed by atoms with E-state index in [1.165, 1.54) is 12.1 Å². The van der Waals surface area contributed by atoms with E-state index < -0.39 is 11.6 Å². The smallest absolute Gasteiger partial charge is 0.251 e. The Kier molecular flexibility index (Phi) is 6.02. The lowest BCUT2D eigenvalue weighted by atomic mass is 10.1. The molecule has 0 aliphatic carbocycles. The highest BCUT2D eigenvalue weighted by Crippen LogP contribution is 2.24.